The van der Waals surface area contributed by atoms with Crippen molar-refractivity contribution in [2.24, 2.45) is 12.2 Å². The van der Waals surface area contributed by atoms with Gasteiger partial charge in [-0.25, -0.2) is 0 Å². The number of nitrogens with zero attached hydrogens (tertiary/aromatic N) is 4. The maximum Gasteiger partial charge on any atom is 0.0949 e. The lowest BCUT2D eigenvalue weighted by Gasteiger charge is -2.12. The van der Waals surface area contributed by atoms with Crippen LogP contribution < -0.4 is 0 Å². The summed E-state index contributed by atoms with van der Waals surface area (Å²) in [7, 11) is 1.93. The fourth-order valence-electron chi connectivity index (χ4n) is 3.41. The van der Waals surface area contributed by atoms with Crippen LogP contribution in [0.1, 0.15) is 22.6 Å². The molecule has 3 aromatic rings. The van der Waals surface area contributed by atoms with E-state index in [2.05, 4.69) is 21.3 Å². The summed E-state index contributed by atoms with van der Waals surface area (Å²) in [6, 6.07) is 12.0. The number of pyridine rings is 1. The predicted molar refractivity (Wildman–Crippen MR) is 87.6 cm³/mol. The highest BCUT2D eigenvalue weighted by atomic mass is 16.4. The lowest BCUT2D eigenvalue weighted by molar-refractivity contribution is 0.317. The Morgan fingerprint density at radius 3 is 2.74 bits per heavy atom. The molecular formula is C18H16N4O. The number of oxime groups is 1. The van der Waals surface area contributed by atoms with Crippen molar-refractivity contribution in [1.29, 1.82) is 0 Å². The molecule has 1 aliphatic carbocycles. The van der Waals surface area contributed by atoms with Gasteiger partial charge in [-0.15, -0.1) is 0 Å². The van der Waals surface area contributed by atoms with Crippen LogP contribution in [0.5, 0.6) is 0 Å². The number of benzene rings is 1. The van der Waals surface area contributed by atoms with E-state index < -0.39 is 0 Å². The second-order valence-corrected chi connectivity index (χ2v) is 5.71. The molecule has 2 heterocycles. The Bertz CT molecular complexity index is 883. The average molecular weight is 304 g/mol. The molecule has 1 atom stereocenters. The van der Waals surface area contributed by atoms with Gasteiger partial charge in [-0.1, -0.05) is 29.4 Å². The highest BCUT2D eigenvalue weighted by Crippen LogP contribution is 2.38. The van der Waals surface area contributed by atoms with Gasteiger partial charge < -0.3 is 5.21 Å². The Labute approximate surface area is 133 Å². The van der Waals surface area contributed by atoms with Crippen LogP contribution in [0.4, 0.5) is 0 Å². The topological polar surface area (TPSA) is 63.3 Å². The molecule has 23 heavy (non-hydrogen) atoms. The molecule has 0 fully saturated rings. The van der Waals surface area contributed by atoms with Crippen LogP contribution in [0.15, 0.2) is 60.1 Å². The van der Waals surface area contributed by atoms with Gasteiger partial charge in [-0.3, -0.25) is 9.67 Å². The van der Waals surface area contributed by atoms with E-state index in [4.69, 9.17) is 0 Å². The van der Waals surface area contributed by atoms with Gasteiger partial charge >= 0.3 is 0 Å². The highest BCUT2D eigenvalue weighted by molar-refractivity contribution is 6.09. The number of aromatic nitrogens is 3. The monoisotopic (exact) mass is 304 g/mol. The van der Waals surface area contributed by atoms with E-state index >= 15 is 0 Å². The molecule has 5 nitrogen and oxygen atoms in total. The number of hydrogen-bond donors (Lipinski definition) is 1. The minimum Gasteiger partial charge on any atom is -0.411 e. The molecule has 0 saturated carbocycles. The van der Waals surface area contributed by atoms with E-state index in [1.807, 2.05) is 48.3 Å². The van der Waals surface area contributed by atoms with Gasteiger partial charge in [-0.2, -0.15) is 5.10 Å². The van der Waals surface area contributed by atoms with E-state index in [9.17, 15) is 5.21 Å². The van der Waals surface area contributed by atoms with Crippen LogP contribution in [0.3, 0.4) is 0 Å². The van der Waals surface area contributed by atoms with E-state index in [0.717, 1.165) is 28.8 Å². The molecule has 0 aliphatic heterocycles. The molecule has 114 valence electrons. The summed E-state index contributed by atoms with van der Waals surface area (Å²) in [5, 5.41) is 17.6. The third-order valence-electron chi connectivity index (χ3n) is 4.45. The molecule has 1 unspecified atom stereocenters. The van der Waals surface area contributed by atoms with Crippen LogP contribution >= 0.6 is 0 Å². The lowest BCUT2D eigenvalue weighted by Crippen LogP contribution is -2.09. The van der Waals surface area contributed by atoms with Crippen LogP contribution in [0, 0.1) is 0 Å². The Morgan fingerprint density at radius 1 is 1.17 bits per heavy atom. The summed E-state index contributed by atoms with van der Waals surface area (Å²) in [6.07, 6.45) is 6.24. The van der Waals surface area contributed by atoms with Crippen molar-refractivity contribution >= 4 is 5.71 Å². The van der Waals surface area contributed by atoms with Crippen molar-refractivity contribution in [3.05, 3.63) is 71.7 Å². The standard InChI is InChI=1S/C18H16N4O/c1-22-18(12-6-8-19-9-7-12)16(11-20-22)15-10-13-4-2-3-5-14(13)17(15)21-23/h2-9,11,15,23H,10H2,1H3. The van der Waals surface area contributed by atoms with E-state index in [1.165, 1.54) is 5.56 Å². The molecule has 0 saturated heterocycles. The van der Waals surface area contributed by atoms with Gasteiger partial charge in [0.05, 0.1) is 17.6 Å². The maximum atomic E-state index is 9.56. The maximum absolute atomic E-state index is 9.56. The van der Waals surface area contributed by atoms with Crippen LogP contribution in [-0.4, -0.2) is 25.7 Å². The van der Waals surface area contributed by atoms with Crippen LogP contribution in [0.25, 0.3) is 11.3 Å². The molecule has 5 heteroatoms. The minimum atomic E-state index is 0.00858. The molecular weight excluding hydrogens is 288 g/mol. The van der Waals surface area contributed by atoms with E-state index in [-0.39, 0.29) is 5.92 Å². The molecule has 0 bridgehead atoms. The molecule has 1 aromatic carbocycles. The van der Waals surface area contributed by atoms with Crippen molar-refractivity contribution in [2.45, 2.75) is 12.3 Å². The summed E-state index contributed by atoms with van der Waals surface area (Å²) in [5.74, 6) is 0.00858. The molecule has 1 N–H and O–H groups in total. The smallest absolute Gasteiger partial charge is 0.0949 e. The molecule has 0 amide bonds. The van der Waals surface area contributed by atoms with Gasteiger partial charge in [0.15, 0.2) is 0 Å². The third kappa shape index (κ3) is 2.12. The first-order valence-corrected chi connectivity index (χ1v) is 7.52. The Balaban J connectivity index is 1.85. The number of aryl methyl sites for hydroxylation is 1. The van der Waals surface area contributed by atoms with Crippen molar-refractivity contribution in [1.82, 2.24) is 14.8 Å². The third-order valence-corrected chi connectivity index (χ3v) is 4.45. The Morgan fingerprint density at radius 2 is 1.96 bits per heavy atom. The zero-order valence-electron chi connectivity index (χ0n) is 12.7. The summed E-state index contributed by atoms with van der Waals surface area (Å²) in [5.41, 5.74) is 6.10. The van der Waals surface area contributed by atoms with Crippen LogP contribution in [0.2, 0.25) is 0 Å². The first-order valence-electron chi connectivity index (χ1n) is 7.52. The molecule has 1 aliphatic rings. The number of hydrogen-bond acceptors (Lipinski definition) is 4. The molecule has 4 rings (SSSR count). The van der Waals surface area contributed by atoms with Crippen molar-refractivity contribution in [3.63, 3.8) is 0 Å². The zero-order valence-corrected chi connectivity index (χ0v) is 12.7. The molecule has 0 spiro atoms. The van der Waals surface area contributed by atoms with Crippen molar-refractivity contribution in [2.75, 3.05) is 0 Å². The van der Waals surface area contributed by atoms with Gasteiger partial charge in [0, 0.05) is 42.0 Å². The summed E-state index contributed by atoms with van der Waals surface area (Å²) in [6.45, 7) is 0. The first-order chi connectivity index (χ1) is 11.3. The SMILES string of the molecule is Cn1ncc(C2Cc3ccccc3C2=NO)c1-c1ccncc1. The van der Waals surface area contributed by atoms with Gasteiger partial charge in [0.2, 0.25) is 0 Å². The summed E-state index contributed by atoms with van der Waals surface area (Å²) < 4.78 is 1.86. The predicted octanol–water partition coefficient (Wildman–Crippen LogP) is 3.00. The second-order valence-electron chi connectivity index (χ2n) is 5.71. The van der Waals surface area contributed by atoms with Crippen LogP contribution in [-0.2, 0) is 13.5 Å². The van der Waals surface area contributed by atoms with Gasteiger partial charge in [0.1, 0.15) is 0 Å². The zero-order chi connectivity index (χ0) is 15.8. The van der Waals surface area contributed by atoms with Crippen molar-refractivity contribution < 1.29 is 5.21 Å². The van der Waals surface area contributed by atoms with Gasteiger partial charge in [0.25, 0.3) is 0 Å². The average Bonchev–Trinajstić information content (AvgIpc) is 3.15. The quantitative estimate of drug-likeness (QED) is 0.585. The van der Waals surface area contributed by atoms with Gasteiger partial charge in [-0.05, 0) is 24.1 Å². The fourth-order valence-corrected chi connectivity index (χ4v) is 3.41. The van der Waals surface area contributed by atoms with Crippen molar-refractivity contribution in [3.8, 4) is 11.3 Å². The van der Waals surface area contributed by atoms with E-state index in [1.54, 1.807) is 12.4 Å². The second kappa shape index (κ2) is 5.35. The first kappa shape index (κ1) is 13.7. The summed E-state index contributed by atoms with van der Waals surface area (Å²) in [4.78, 5) is 4.08. The highest BCUT2D eigenvalue weighted by Gasteiger charge is 2.33. The number of fused-ring (bicyclic) bond motifs is 1. The molecule has 0 radical (unpaired) electrons. The van der Waals surface area contributed by atoms with E-state index in [0.29, 0.717) is 5.71 Å². The Hall–Kier alpha value is -2.95. The minimum absolute atomic E-state index is 0.00858. The Kier molecular flexibility index (Phi) is 3.19. The molecule has 2 aromatic heterocycles. The summed E-state index contributed by atoms with van der Waals surface area (Å²) >= 11 is 0. The number of rotatable bonds is 2. The fraction of sp³-hybridized carbons (Fsp3) is 0.167. The lowest BCUT2D eigenvalue weighted by atomic mass is 9.93. The largest absolute Gasteiger partial charge is 0.411 e. The normalized spacial score (nSPS) is 18.3.